The van der Waals surface area contributed by atoms with Gasteiger partial charge in [-0.05, 0) is 19.1 Å². The molecule has 0 aliphatic heterocycles. The first-order valence-corrected chi connectivity index (χ1v) is 4.87. The highest BCUT2D eigenvalue weighted by Gasteiger charge is 2.39. The van der Waals surface area contributed by atoms with Crippen molar-refractivity contribution in [2.24, 2.45) is 0 Å². The molecule has 1 aromatic carbocycles. The summed E-state index contributed by atoms with van der Waals surface area (Å²) >= 11 is 5.32. The van der Waals surface area contributed by atoms with Crippen molar-refractivity contribution in [3.8, 4) is 5.75 Å². The predicted molar refractivity (Wildman–Crippen MR) is 53.1 cm³/mol. The van der Waals surface area contributed by atoms with Crippen molar-refractivity contribution in [1.82, 2.24) is 0 Å². The van der Waals surface area contributed by atoms with Gasteiger partial charge in [0.2, 0.25) is 0 Å². The summed E-state index contributed by atoms with van der Waals surface area (Å²) in [6.45, 7) is -2.57. The largest absolute Gasteiger partial charge is 0.433 e. The molecule has 0 spiro atoms. The molecule has 0 aromatic heterocycles. The van der Waals surface area contributed by atoms with Crippen LogP contribution in [0.4, 0.5) is 22.0 Å². The standard InChI is InChI=1S/C10H6ClF5O2/c1-4(17)5-2-3-6(11)7(10(14,15)16)8(5)18-9(12)13/h2-3,9H,1H3. The molecule has 0 bridgehead atoms. The fourth-order valence-electron chi connectivity index (χ4n) is 1.31. The van der Waals surface area contributed by atoms with Crippen molar-refractivity contribution in [2.45, 2.75) is 19.7 Å². The second-order valence-corrected chi connectivity index (χ2v) is 3.64. The molecule has 1 aromatic rings. The molecule has 2 nitrogen and oxygen atoms in total. The Morgan fingerprint density at radius 2 is 1.89 bits per heavy atom. The van der Waals surface area contributed by atoms with Gasteiger partial charge in [-0.2, -0.15) is 22.0 Å². The maximum atomic E-state index is 12.7. The summed E-state index contributed by atoms with van der Waals surface area (Å²) in [6.07, 6.45) is -5.01. The van der Waals surface area contributed by atoms with Gasteiger partial charge >= 0.3 is 12.8 Å². The number of alkyl halides is 5. The fraction of sp³-hybridized carbons (Fsp3) is 0.300. The number of carbonyl (C=O) groups excluding carboxylic acids is 1. The van der Waals surface area contributed by atoms with E-state index in [-0.39, 0.29) is 0 Å². The molecule has 0 heterocycles. The summed E-state index contributed by atoms with van der Waals surface area (Å²) in [7, 11) is 0. The van der Waals surface area contributed by atoms with Gasteiger partial charge in [-0.25, -0.2) is 0 Å². The number of ketones is 1. The maximum absolute atomic E-state index is 12.7. The first kappa shape index (κ1) is 14.7. The molecule has 0 aliphatic carbocycles. The number of carbonyl (C=O) groups is 1. The smallest absolute Gasteiger partial charge is 0.421 e. The van der Waals surface area contributed by atoms with Crippen molar-refractivity contribution < 1.29 is 31.5 Å². The third-order valence-corrected chi connectivity index (χ3v) is 2.29. The molecule has 0 unspecified atom stereocenters. The zero-order valence-electron chi connectivity index (χ0n) is 8.82. The number of Topliss-reactive ketones (excluding diaryl/α,β-unsaturated/α-hetero) is 1. The van der Waals surface area contributed by atoms with Crippen LogP contribution in [0.2, 0.25) is 5.02 Å². The molecule has 0 aliphatic rings. The highest BCUT2D eigenvalue weighted by atomic mass is 35.5. The SMILES string of the molecule is CC(=O)c1ccc(Cl)c(C(F)(F)F)c1OC(F)F. The Labute approximate surface area is 103 Å². The Balaban J connectivity index is 3.55. The van der Waals surface area contributed by atoms with Crippen LogP contribution in [-0.4, -0.2) is 12.4 Å². The van der Waals surface area contributed by atoms with Crippen molar-refractivity contribution in [3.63, 3.8) is 0 Å². The number of hydrogen-bond donors (Lipinski definition) is 0. The van der Waals surface area contributed by atoms with E-state index >= 15 is 0 Å². The number of halogens is 6. The van der Waals surface area contributed by atoms with E-state index in [1.807, 2.05) is 0 Å². The fourth-order valence-corrected chi connectivity index (χ4v) is 1.57. The molecule has 0 amide bonds. The van der Waals surface area contributed by atoms with Gasteiger partial charge in [0.25, 0.3) is 0 Å². The van der Waals surface area contributed by atoms with E-state index in [0.717, 1.165) is 19.1 Å². The normalized spacial score (nSPS) is 11.8. The van der Waals surface area contributed by atoms with Gasteiger partial charge in [-0.15, -0.1) is 0 Å². The summed E-state index contributed by atoms with van der Waals surface area (Å²) in [5.74, 6) is -2.09. The molecular weight excluding hydrogens is 283 g/mol. The van der Waals surface area contributed by atoms with Gasteiger partial charge in [0.15, 0.2) is 11.5 Å². The van der Waals surface area contributed by atoms with E-state index < -0.39 is 40.5 Å². The number of benzene rings is 1. The van der Waals surface area contributed by atoms with Crippen LogP contribution in [-0.2, 0) is 6.18 Å². The molecule has 0 saturated heterocycles. The van der Waals surface area contributed by atoms with Crippen molar-refractivity contribution >= 4 is 17.4 Å². The van der Waals surface area contributed by atoms with E-state index in [4.69, 9.17) is 11.6 Å². The lowest BCUT2D eigenvalue weighted by Crippen LogP contribution is -2.15. The third-order valence-electron chi connectivity index (χ3n) is 1.98. The van der Waals surface area contributed by atoms with E-state index in [9.17, 15) is 26.7 Å². The van der Waals surface area contributed by atoms with Crippen molar-refractivity contribution in [3.05, 3.63) is 28.3 Å². The summed E-state index contributed by atoms with van der Waals surface area (Å²) in [6, 6.07) is 1.71. The third kappa shape index (κ3) is 3.10. The van der Waals surface area contributed by atoms with Crippen LogP contribution < -0.4 is 4.74 Å². The van der Waals surface area contributed by atoms with E-state index in [1.165, 1.54) is 0 Å². The monoisotopic (exact) mass is 288 g/mol. The predicted octanol–water partition coefficient (Wildman–Crippen LogP) is 4.16. The van der Waals surface area contributed by atoms with Gasteiger partial charge in [-0.3, -0.25) is 4.79 Å². The first-order chi connectivity index (χ1) is 8.14. The molecule has 18 heavy (non-hydrogen) atoms. The minimum Gasteiger partial charge on any atom is -0.433 e. The molecule has 0 fully saturated rings. The Morgan fingerprint density at radius 3 is 2.28 bits per heavy atom. The summed E-state index contributed by atoms with van der Waals surface area (Å²) in [5, 5.41) is -0.817. The van der Waals surface area contributed by atoms with Gasteiger partial charge in [0, 0.05) is 0 Å². The lowest BCUT2D eigenvalue weighted by molar-refractivity contribution is -0.141. The average Bonchev–Trinajstić information content (AvgIpc) is 2.13. The molecular formula is C10H6ClF5O2. The highest BCUT2D eigenvalue weighted by Crippen LogP contribution is 2.43. The zero-order chi connectivity index (χ0) is 14.1. The van der Waals surface area contributed by atoms with Crippen LogP contribution in [0.15, 0.2) is 12.1 Å². The maximum Gasteiger partial charge on any atom is 0.421 e. The number of ether oxygens (including phenoxy) is 1. The van der Waals surface area contributed by atoms with Crippen molar-refractivity contribution in [1.29, 1.82) is 0 Å². The van der Waals surface area contributed by atoms with Crippen LogP contribution in [0.1, 0.15) is 22.8 Å². The van der Waals surface area contributed by atoms with E-state index in [2.05, 4.69) is 4.74 Å². The molecule has 0 N–H and O–H groups in total. The first-order valence-electron chi connectivity index (χ1n) is 4.50. The lowest BCUT2D eigenvalue weighted by atomic mass is 10.1. The molecule has 0 radical (unpaired) electrons. The molecule has 0 atom stereocenters. The van der Waals surface area contributed by atoms with Crippen LogP contribution in [0.3, 0.4) is 0 Å². The quantitative estimate of drug-likeness (QED) is 0.616. The van der Waals surface area contributed by atoms with Gasteiger partial charge in [-0.1, -0.05) is 11.6 Å². The average molecular weight is 289 g/mol. The molecule has 8 heteroatoms. The molecule has 100 valence electrons. The second-order valence-electron chi connectivity index (χ2n) is 3.23. The Kier molecular flexibility index (Phi) is 4.16. The van der Waals surface area contributed by atoms with Crippen molar-refractivity contribution in [2.75, 3.05) is 0 Å². The van der Waals surface area contributed by atoms with Crippen LogP contribution >= 0.6 is 11.6 Å². The van der Waals surface area contributed by atoms with E-state index in [1.54, 1.807) is 0 Å². The zero-order valence-corrected chi connectivity index (χ0v) is 9.57. The van der Waals surface area contributed by atoms with Crippen LogP contribution in [0, 0.1) is 0 Å². The molecule has 1 rings (SSSR count). The second kappa shape index (κ2) is 5.09. The Bertz CT molecular complexity index is 470. The summed E-state index contributed by atoms with van der Waals surface area (Å²) in [4.78, 5) is 11.1. The highest BCUT2D eigenvalue weighted by molar-refractivity contribution is 6.31. The minimum atomic E-state index is -5.01. The minimum absolute atomic E-state index is 0.605. The number of hydrogen-bond acceptors (Lipinski definition) is 2. The molecule has 0 saturated carbocycles. The van der Waals surface area contributed by atoms with Gasteiger partial charge in [0.1, 0.15) is 5.56 Å². The summed E-state index contributed by atoms with van der Waals surface area (Å²) < 4.78 is 66.1. The van der Waals surface area contributed by atoms with Crippen LogP contribution in [0.5, 0.6) is 5.75 Å². The lowest BCUT2D eigenvalue weighted by Gasteiger charge is -2.17. The topological polar surface area (TPSA) is 26.3 Å². The Morgan fingerprint density at radius 1 is 1.33 bits per heavy atom. The summed E-state index contributed by atoms with van der Waals surface area (Å²) in [5.41, 5.74) is -2.19. The van der Waals surface area contributed by atoms with Gasteiger partial charge in [0.05, 0.1) is 10.6 Å². The number of rotatable bonds is 3. The Hall–Kier alpha value is -1.37. The van der Waals surface area contributed by atoms with Crippen LogP contribution in [0.25, 0.3) is 0 Å². The van der Waals surface area contributed by atoms with E-state index in [0.29, 0.717) is 0 Å². The van der Waals surface area contributed by atoms with Gasteiger partial charge < -0.3 is 4.74 Å².